The highest BCUT2D eigenvalue weighted by molar-refractivity contribution is 5.85. The van der Waals surface area contributed by atoms with Gasteiger partial charge in [0.15, 0.2) is 0 Å². The van der Waals surface area contributed by atoms with Crippen LogP contribution in [0.15, 0.2) is 18.2 Å². The van der Waals surface area contributed by atoms with E-state index in [0.29, 0.717) is 0 Å². The molecule has 2 heteroatoms. The molecular formula is C14H17NO. The van der Waals surface area contributed by atoms with Crippen LogP contribution in [0, 0.1) is 0 Å². The molecule has 84 valence electrons. The highest BCUT2D eigenvalue weighted by atomic mass is 16.3. The van der Waals surface area contributed by atoms with Crippen molar-refractivity contribution >= 4 is 10.9 Å². The van der Waals surface area contributed by atoms with Gasteiger partial charge < -0.3 is 10.1 Å². The molecule has 2 nitrogen and oxygen atoms in total. The maximum Gasteiger partial charge on any atom is 0.0941 e. The van der Waals surface area contributed by atoms with Crippen molar-refractivity contribution in [2.45, 2.75) is 38.7 Å². The molecule has 1 heterocycles. The Kier molecular flexibility index (Phi) is 2.25. The molecule has 3 rings (SSSR count). The topological polar surface area (TPSA) is 36.0 Å². The van der Waals surface area contributed by atoms with E-state index in [1.807, 2.05) is 0 Å². The van der Waals surface area contributed by atoms with E-state index in [4.69, 9.17) is 0 Å². The molecule has 1 aromatic heterocycles. The first-order chi connectivity index (χ1) is 7.79. The zero-order chi connectivity index (χ0) is 11.1. The van der Waals surface area contributed by atoms with Crippen molar-refractivity contribution in [2.24, 2.45) is 0 Å². The summed E-state index contributed by atoms with van der Waals surface area (Å²) < 4.78 is 0. The molecule has 1 aromatic carbocycles. The molecule has 1 atom stereocenters. The number of benzene rings is 1. The van der Waals surface area contributed by atoms with Crippen LogP contribution in [0.25, 0.3) is 10.9 Å². The Labute approximate surface area is 95.3 Å². The predicted molar refractivity (Wildman–Crippen MR) is 65.6 cm³/mol. The fraction of sp³-hybridized carbons (Fsp3) is 0.429. The van der Waals surface area contributed by atoms with Crippen LogP contribution in [-0.4, -0.2) is 10.1 Å². The molecule has 1 aliphatic rings. The van der Waals surface area contributed by atoms with Crippen molar-refractivity contribution in [1.29, 1.82) is 0 Å². The van der Waals surface area contributed by atoms with Crippen molar-refractivity contribution in [1.82, 2.24) is 4.98 Å². The lowest BCUT2D eigenvalue weighted by atomic mass is 9.93. The normalized spacial score (nSPS) is 20.0. The molecule has 0 saturated heterocycles. The molecule has 0 saturated carbocycles. The van der Waals surface area contributed by atoms with Crippen molar-refractivity contribution in [3.8, 4) is 0 Å². The minimum atomic E-state index is -0.291. The second kappa shape index (κ2) is 3.63. The highest BCUT2D eigenvalue weighted by Crippen LogP contribution is 2.34. The largest absolute Gasteiger partial charge is 0.387 e. The van der Waals surface area contributed by atoms with Gasteiger partial charge >= 0.3 is 0 Å². The molecular weight excluding hydrogens is 198 g/mol. The Morgan fingerprint density at radius 3 is 3.12 bits per heavy atom. The summed E-state index contributed by atoms with van der Waals surface area (Å²) in [5.41, 5.74) is 4.93. The monoisotopic (exact) mass is 215 g/mol. The van der Waals surface area contributed by atoms with E-state index in [1.165, 1.54) is 22.0 Å². The molecule has 16 heavy (non-hydrogen) atoms. The Balaban J connectivity index is 2.25. The zero-order valence-corrected chi connectivity index (χ0v) is 9.59. The van der Waals surface area contributed by atoms with Crippen molar-refractivity contribution in [3.63, 3.8) is 0 Å². The van der Waals surface area contributed by atoms with E-state index >= 15 is 0 Å². The van der Waals surface area contributed by atoms with E-state index in [2.05, 4.69) is 30.1 Å². The number of nitrogens with one attached hydrogen (secondary N) is 1. The summed E-state index contributed by atoms with van der Waals surface area (Å²) in [6, 6.07) is 6.57. The highest BCUT2D eigenvalue weighted by Gasteiger charge is 2.22. The van der Waals surface area contributed by atoms with Gasteiger partial charge in [0, 0.05) is 16.6 Å². The molecule has 1 unspecified atom stereocenters. The van der Waals surface area contributed by atoms with Crippen LogP contribution >= 0.6 is 0 Å². The second-order valence-electron chi connectivity index (χ2n) is 4.66. The smallest absolute Gasteiger partial charge is 0.0941 e. The van der Waals surface area contributed by atoms with Crippen LogP contribution in [0.4, 0.5) is 0 Å². The number of aryl methyl sites for hydroxylation is 2. The van der Waals surface area contributed by atoms with Crippen molar-refractivity contribution < 1.29 is 5.11 Å². The fourth-order valence-electron chi connectivity index (χ4n) is 2.71. The van der Waals surface area contributed by atoms with Gasteiger partial charge in [0.2, 0.25) is 0 Å². The lowest BCUT2D eigenvalue weighted by molar-refractivity contribution is 0.153. The summed E-state index contributed by atoms with van der Waals surface area (Å²) in [5, 5.41) is 11.3. The van der Waals surface area contributed by atoms with Crippen LogP contribution in [0.1, 0.15) is 42.7 Å². The third-order valence-electron chi connectivity index (χ3n) is 3.65. The van der Waals surface area contributed by atoms with E-state index in [9.17, 15) is 5.11 Å². The summed E-state index contributed by atoms with van der Waals surface area (Å²) in [6.07, 6.45) is 3.86. The second-order valence-corrected chi connectivity index (χ2v) is 4.66. The third-order valence-corrected chi connectivity index (χ3v) is 3.65. The lowest BCUT2D eigenvalue weighted by Crippen LogP contribution is -2.07. The van der Waals surface area contributed by atoms with Crippen LogP contribution in [0.2, 0.25) is 0 Å². The Morgan fingerprint density at radius 1 is 1.44 bits per heavy atom. The molecule has 0 spiro atoms. The van der Waals surface area contributed by atoms with Gasteiger partial charge in [0.1, 0.15) is 0 Å². The molecule has 2 aromatic rings. The van der Waals surface area contributed by atoms with Gasteiger partial charge in [-0.3, -0.25) is 0 Å². The molecule has 0 radical (unpaired) electrons. The summed E-state index contributed by atoms with van der Waals surface area (Å²) in [6.45, 7) is 2.18. The SMILES string of the molecule is CCc1ccc2[nH]c3c(c2c1)CCCC3O. The van der Waals surface area contributed by atoms with Crippen LogP contribution in [0.3, 0.4) is 0 Å². The van der Waals surface area contributed by atoms with Gasteiger partial charge in [-0.15, -0.1) is 0 Å². The van der Waals surface area contributed by atoms with Gasteiger partial charge in [0.05, 0.1) is 6.10 Å². The number of hydrogen-bond donors (Lipinski definition) is 2. The number of aliphatic hydroxyl groups excluding tert-OH is 1. The van der Waals surface area contributed by atoms with Gasteiger partial charge in [-0.2, -0.15) is 0 Å². The Morgan fingerprint density at radius 2 is 2.31 bits per heavy atom. The zero-order valence-electron chi connectivity index (χ0n) is 9.59. The molecule has 1 aliphatic carbocycles. The minimum Gasteiger partial charge on any atom is -0.387 e. The fourth-order valence-corrected chi connectivity index (χ4v) is 2.71. The van der Waals surface area contributed by atoms with Crippen molar-refractivity contribution in [3.05, 3.63) is 35.0 Å². The van der Waals surface area contributed by atoms with E-state index in [-0.39, 0.29) is 6.10 Å². The number of fused-ring (bicyclic) bond motifs is 3. The summed E-state index contributed by atoms with van der Waals surface area (Å²) in [7, 11) is 0. The van der Waals surface area contributed by atoms with Gasteiger partial charge in [-0.05, 0) is 48.9 Å². The maximum absolute atomic E-state index is 9.96. The Bertz CT molecular complexity index is 527. The van der Waals surface area contributed by atoms with Crippen LogP contribution in [0.5, 0.6) is 0 Å². The van der Waals surface area contributed by atoms with Crippen molar-refractivity contribution in [2.75, 3.05) is 0 Å². The molecule has 0 bridgehead atoms. The lowest BCUT2D eigenvalue weighted by Gasteiger charge is -2.17. The predicted octanol–water partition coefficient (Wildman–Crippen LogP) is 3.10. The first-order valence-corrected chi connectivity index (χ1v) is 6.11. The number of hydrogen-bond acceptors (Lipinski definition) is 1. The Hall–Kier alpha value is -1.28. The molecule has 0 amide bonds. The van der Waals surface area contributed by atoms with E-state index in [0.717, 1.165) is 31.4 Å². The maximum atomic E-state index is 9.96. The molecule has 0 aliphatic heterocycles. The van der Waals surface area contributed by atoms with Gasteiger partial charge in [-0.1, -0.05) is 13.0 Å². The van der Waals surface area contributed by atoms with E-state index < -0.39 is 0 Å². The van der Waals surface area contributed by atoms with Gasteiger partial charge in [0.25, 0.3) is 0 Å². The quantitative estimate of drug-likeness (QED) is 0.753. The molecule has 2 N–H and O–H groups in total. The van der Waals surface area contributed by atoms with Gasteiger partial charge in [-0.25, -0.2) is 0 Å². The van der Waals surface area contributed by atoms with Crippen LogP contribution in [-0.2, 0) is 12.8 Å². The number of aliphatic hydroxyl groups is 1. The summed E-state index contributed by atoms with van der Waals surface area (Å²) >= 11 is 0. The average Bonchev–Trinajstić information content (AvgIpc) is 2.68. The number of rotatable bonds is 1. The summed E-state index contributed by atoms with van der Waals surface area (Å²) in [4.78, 5) is 3.37. The standard InChI is InChI=1S/C14H17NO/c1-2-9-6-7-12-11(8-9)10-4-3-5-13(16)14(10)15-12/h6-8,13,15-16H,2-5H2,1H3. The summed E-state index contributed by atoms with van der Waals surface area (Å²) in [5.74, 6) is 0. The average molecular weight is 215 g/mol. The minimum absolute atomic E-state index is 0.291. The number of H-pyrrole nitrogens is 1. The van der Waals surface area contributed by atoms with E-state index in [1.54, 1.807) is 0 Å². The number of aromatic amines is 1. The first kappa shape index (κ1) is 9.91. The van der Waals surface area contributed by atoms with Crippen LogP contribution < -0.4 is 0 Å². The number of aromatic nitrogens is 1. The third kappa shape index (κ3) is 1.37. The first-order valence-electron chi connectivity index (χ1n) is 6.11. The molecule has 0 fully saturated rings.